The van der Waals surface area contributed by atoms with Crippen molar-refractivity contribution in [1.82, 2.24) is 15.0 Å². The highest BCUT2D eigenvalue weighted by molar-refractivity contribution is 5.35. The van der Waals surface area contributed by atoms with Gasteiger partial charge in [-0.25, -0.2) is 0 Å². The quantitative estimate of drug-likeness (QED) is 0.796. The Labute approximate surface area is 100.0 Å². The third-order valence-corrected chi connectivity index (χ3v) is 2.65. The molecule has 1 aliphatic rings. The van der Waals surface area contributed by atoms with Crippen LogP contribution in [0, 0.1) is 0 Å². The Balaban J connectivity index is 2.06. The molecule has 2 rings (SSSR count). The average Bonchev–Trinajstić information content (AvgIpc) is 2.81. The first-order valence-electron chi connectivity index (χ1n) is 5.57. The molecular formula is C10H17N5O2. The van der Waals surface area contributed by atoms with Crippen molar-refractivity contribution in [2.75, 3.05) is 37.9 Å². The van der Waals surface area contributed by atoms with E-state index in [9.17, 15) is 0 Å². The van der Waals surface area contributed by atoms with Crippen LogP contribution >= 0.6 is 0 Å². The molecule has 17 heavy (non-hydrogen) atoms. The van der Waals surface area contributed by atoms with E-state index in [1.165, 1.54) is 7.11 Å². The highest BCUT2D eigenvalue weighted by Crippen LogP contribution is 2.16. The summed E-state index contributed by atoms with van der Waals surface area (Å²) < 4.78 is 10.5. The topological polar surface area (TPSA) is 86.4 Å². The fourth-order valence-corrected chi connectivity index (χ4v) is 1.80. The minimum absolute atomic E-state index is 0.158. The van der Waals surface area contributed by atoms with Crippen LogP contribution in [-0.4, -0.2) is 48.4 Å². The van der Waals surface area contributed by atoms with Crippen molar-refractivity contribution < 1.29 is 9.47 Å². The molecule has 2 heterocycles. The smallest absolute Gasteiger partial charge is 0.322 e. The van der Waals surface area contributed by atoms with Gasteiger partial charge < -0.3 is 20.1 Å². The summed E-state index contributed by atoms with van der Waals surface area (Å²) in [5.74, 6) is 0.663. The molecule has 2 N–H and O–H groups in total. The molecular weight excluding hydrogens is 222 g/mol. The van der Waals surface area contributed by atoms with Crippen LogP contribution in [0.2, 0.25) is 0 Å². The van der Waals surface area contributed by atoms with E-state index in [1.807, 2.05) is 11.9 Å². The van der Waals surface area contributed by atoms with Crippen LogP contribution in [0.5, 0.6) is 6.01 Å². The summed E-state index contributed by atoms with van der Waals surface area (Å²) >= 11 is 0. The summed E-state index contributed by atoms with van der Waals surface area (Å²) in [5.41, 5.74) is 5.58. The molecule has 1 aliphatic heterocycles. The Morgan fingerprint density at radius 2 is 2.29 bits per heavy atom. The van der Waals surface area contributed by atoms with Gasteiger partial charge in [0.1, 0.15) is 0 Å². The second-order valence-corrected chi connectivity index (χ2v) is 4.00. The van der Waals surface area contributed by atoms with E-state index < -0.39 is 0 Å². The van der Waals surface area contributed by atoms with Gasteiger partial charge in [-0.15, -0.1) is 0 Å². The van der Waals surface area contributed by atoms with Crippen LogP contribution in [0.4, 0.5) is 11.9 Å². The molecule has 1 saturated heterocycles. The zero-order chi connectivity index (χ0) is 12.3. The molecule has 0 bridgehead atoms. The number of likely N-dealkylation sites (N-methyl/N-ethyl adjacent to an activating group) is 1. The lowest BCUT2D eigenvalue weighted by Crippen LogP contribution is -2.30. The van der Waals surface area contributed by atoms with Crippen LogP contribution in [0.1, 0.15) is 12.8 Å². The van der Waals surface area contributed by atoms with Crippen molar-refractivity contribution in [3.05, 3.63) is 0 Å². The predicted molar refractivity (Wildman–Crippen MR) is 63.0 cm³/mol. The van der Waals surface area contributed by atoms with E-state index in [-0.39, 0.29) is 18.1 Å². The molecule has 1 unspecified atom stereocenters. The predicted octanol–water partition coefficient (Wildman–Crippen LogP) is 0.0776. The van der Waals surface area contributed by atoms with E-state index in [2.05, 4.69) is 15.0 Å². The first-order chi connectivity index (χ1) is 8.19. The van der Waals surface area contributed by atoms with Crippen molar-refractivity contribution in [2.24, 2.45) is 0 Å². The van der Waals surface area contributed by atoms with Gasteiger partial charge in [0, 0.05) is 20.2 Å². The Kier molecular flexibility index (Phi) is 3.58. The van der Waals surface area contributed by atoms with Crippen LogP contribution in [-0.2, 0) is 4.74 Å². The van der Waals surface area contributed by atoms with Gasteiger partial charge in [-0.3, -0.25) is 0 Å². The minimum atomic E-state index is 0.158. The summed E-state index contributed by atoms with van der Waals surface area (Å²) in [5, 5.41) is 0. The number of hydrogen-bond donors (Lipinski definition) is 1. The van der Waals surface area contributed by atoms with E-state index in [4.69, 9.17) is 15.2 Å². The van der Waals surface area contributed by atoms with Crippen LogP contribution < -0.4 is 15.4 Å². The maximum atomic E-state index is 5.58. The Bertz CT molecular complexity index is 381. The van der Waals surface area contributed by atoms with Crippen LogP contribution in [0.3, 0.4) is 0 Å². The molecule has 1 fully saturated rings. The zero-order valence-electron chi connectivity index (χ0n) is 10.1. The summed E-state index contributed by atoms with van der Waals surface area (Å²) in [6, 6.07) is 0.228. The molecule has 1 aromatic rings. The summed E-state index contributed by atoms with van der Waals surface area (Å²) in [7, 11) is 3.40. The zero-order valence-corrected chi connectivity index (χ0v) is 10.1. The molecule has 0 saturated carbocycles. The summed E-state index contributed by atoms with van der Waals surface area (Å²) in [6.45, 7) is 1.58. The molecule has 1 aromatic heterocycles. The third-order valence-electron chi connectivity index (χ3n) is 2.65. The van der Waals surface area contributed by atoms with Gasteiger partial charge in [0.2, 0.25) is 11.9 Å². The first kappa shape index (κ1) is 11.8. The largest absolute Gasteiger partial charge is 0.467 e. The number of nitrogens with zero attached hydrogens (tertiary/aromatic N) is 4. The number of methoxy groups -OCH3 is 1. The highest BCUT2D eigenvalue weighted by Gasteiger charge is 2.19. The molecule has 1 atom stereocenters. The molecule has 94 valence electrons. The van der Waals surface area contributed by atoms with Crippen LogP contribution in [0.25, 0.3) is 0 Å². The van der Waals surface area contributed by atoms with E-state index in [0.29, 0.717) is 5.95 Å². The molecule has 0 spiro atoms. The summed E-state index contributed by atoms with van der Waals surface area (Å²) in [4.78, 5) is 14.0. The maximum absolute atomic E-state index is 5.58. The minimum Gasteiger partial charge on any atom is -0.467 e. The third kappa shape index (κ3) is 2.94. The van der Waals surface area contributed by atoms with Crippen molar-refractivity contribution in [1.29, 1.82) is 0 Å². The lowest BCUT2D eigenvalue weighted by molar-refractivity contribution is 0.116. The number of nitrogen functional groups attached to an aromatic ring is 1. The number of ether oxygens (including phenoxy) is 2. The lowest BCUT2D eigenvalue weighted by Gasteiger charge is -2.20. The molecule has 0 aromatic carbocycles. The second kappa shape index (κ2) is 5.13. The molecule has 7 nitrogen and oxygen atoms in total. The molecule has 0 amide bonds. The van der Waals surface area contributed by atoms with Crippen molar-refractivity contribution in [3.63, 3.8) is 0 Å². The van der Waals surface area contributed by atoms with Gasteiger partial charge in [-0.1, -0.05) is 0 Å². The highest BCUT2D eigenvalue weighted by atomic mass is 16.5. The average molecular weight is 239 g/mol. The Hall–Kier alpha value is -1.63. The monoisotopic (exact) mass is 239 g/mol. The number of nitrogens with two attached hydrogens (primary N) is 1. The Morgan fingerprint density at radius 1 is 1.47 bits per heavy atom. The van der Waals surface area contributed by atoms with Crippen molar-refractivity contribution >= 4 is 11.9 Å². The van der Waals surface area contributed by atoms with Gasteiger partial charge in [0.25, 0.3) is 0 Å². The first-order valence-corrected chi connectivity index (χ1v) is 5.57. The SMILES string of the molecule is COc1nc(N)nc(N(C)CC2CCCO2)n1. The van der Waals surface area contributed by atoms with E-state index >= 15 is 0 Å². The molecule has 0 radical (unpaired) electrons. The van der Waals surface area contributed by atoms with Crippen molar-refractivity contribution in [3.8, 4) is 6.01 Å². The Morgan fingerprint density at radius 3 is 2.94 bits per heavy atom. The molecule has 7 heteroatoms. The second-order valence-electron chi connectivity index (χ2n) is 4.00. The van der Waals surface area contributed by atoms with Crippen molar-refractivity contribution in [2.45, 2.75) is 18.9 Å². The standard InChI is InChI=1S/C10H17N5O2/c1-15(6-7-4-3-5-17-7)9-12-8(11)13-10(14-9)16-2/h7H,3-6H2,1-2H3,(H2,11,12,13,14). The van der Waals surface area contributed by atoms with Gasteiger partial charge in [-0.2, -0.15) is 15.0 Å². The number of hydrogen-bond acceptors (Lipinski definition) is 7. The van der Waals surface area contributed by atoms with Gasteiger partial charge in [0.15, 0.2) is 0 Å². The normalized spacial score (nSPS) is 19.3. The van der Waals surface area contributed by atoms with Gasteiger partial charge in [0.05, 0.1) is 13.2 Å². The fraction of sp³-hybridized carbons (Fsp3) is 0.700. The van der Waals surface area contributed by atoms with Gasteiger partial charge in [-0.05, 0) is 12.8 Å². The summed E-state index contributed by atoms with van der Waals surface area (Å²) in [6.07, 6.45) is 2.42. The van der Waals surface area contributed by atoms with E-state index in [1.54, 1.807) is 0 Å². The molecule has 0 aliphatic carbocycles. The van der Waals surface area contributed by atoms with E-state index in [0.717, 1.165) is 26.0 Å². The van der Waals surface area contributed by atoms with Crippen LogP contribution in [0.15, 0.2) is 0 Å². The van der Waals surface area contributed by atoms with Gasteiger partial charge >= 0.3 is 6.01 Å². The number of aromatic nitrogens is 3. The fourth-order valence-electron chi connectivity index (χ4n) is 1.80. The number of rotatable bonds is 4. The lowest BCUT2D eigenvalue weighted by atomic mass is 10.2. The number of anilines is 2. The maximum Gasteiger partial charge on any atom is 0.322 e.